The highest BCUT2D eigenvalue weighted by Gasteiger charge is 2.64. The van der Waals surface area contributed by atoms with Crippen LogP contribution in [0.2, 0.25) is 0 Å². The van der Waals surface area contributed by atoms with Crippen molar-refractivity contribution in [3.05, 3.63) is 0 Å². The van der Waals surface area contributed by atoms with E-state index in [1.807, 2.05) is 0 Å². The zero-order chi connectivity index (χ0) is 23.3. The molecule has 1 spiro atoms. The van der Waals surface area contributed by atoms with Crippen molar-refractivity contribution in [2.24, 2.45) is 40.6 Å². The van der Waals surface area contributed by atoms with Crippen molar-refractivity contribution in [1.82, 2.24) is 5.32 Å². The van der Waals surface area contributed by atoms with Gasteiger partial charge in [-0.05, 0) is 127 Å². The van der Waals surface area contributed by atoms with E-state index in [0.29, 0.717) is 17.3 Å². The van der Waals surface area contributed by atoms with Crippen LogP contribution in [0.3, 0.4) is 0 Å². The van der Waals surface area contributed by atoms with Crippen LogP contribution < -0.4 is 16.8 Å². The van der Waals surface area contributed by atoms with Crippen molar-refractivity contribution >= 4 is 0 Å². The lowest BCUT2D eigenvalue weighted by atomic mass is 9.50. The largest absolute Gasteiger partial charge is 0.396 e. The smallest absolute Gasteiger partial charge is 0.0736 e. The highest BCUT2D eigenvalue weighted by molar-refractivity contribution is 5.16. The Morgan fingerprint density at radius 2 is 1.82 bits per heavy atom. The van der Waals surface area contributed by atoms with Crippen molar-refractivity contribution in [1.29, 1.82) is 0 Å². The third kappa shape index (κ3) is 4.67. The van der Waals surface area contributed by atoms with Gasteiger partial charge in [-0.25, -0.2) is 0 Å². The molecular formula is C28H51N3O2. The highest BCUT2D eigenvalue weighted by atomic mass is 16.5. The fourth-order valence-electron chi connectivity index (χ4n) is 9.78. The Hall–Kier alpha value is -0.200. The molecule has 190 valence electrons. The van der Waals surface area contributed by atoms with E-state index in [1.165, 1.54) is 70.6 Å². The van der Waals surface area contributed by atoms with Gasteiger partial charge in [-0.3, -0.25) is 0 Å². The molecule has 7 atom stereocenters. The summed E-state index contributed by atoms with van der Waals surface area (Å²) in [5.74, 6) is 2.62. The van der Waals surface area contributed by atoms with E-state index in [-0.39, 0.29) is 29.5 Å². The number of aliphatic hydroxyl groups is 1. The number of nitrogens with two attached hydrogens (primary N) is 2. The van der Waals surface area contributed by atoms with Gasteiger partial charge in [-0.1, -0.05) is 12.8 Å². The molecule has 0 aromatic heterocycles. The molecule has 0 radical (unpaired) electrons. The zero-order valence-electron chi connectivity index (χ0n) is 21.4. The first kappa shape index (κ1) is 24.5. The topological polar surface area (TPSA) is 93.5 Å². The van der Waals surface area contributed by atoms with Crippen LogP contribution in [0.5, 0.6) is 0 Å². The molecule has 6 N–H and O–H groups in total. The first-order valence-electron chi connectivity index (χ1n) is 14.3. The molecule has 3 saturated carbocycles. The molecule has 7 unspecified atom stereocenters. The minimum Gasteiger partial charge on any atom is -0.396 e. The van der Waals surface area contributed by atoms with E-state index in [9.17, 15) is 5.11 Å². The van der Waals surface area contributed by atoms with Gasteiger partial charge in [0.05, 0.1) is 17.4 Å². The molecule has 5 nitrogen and oxygen atoms in total. The summed E-state index contributed by atoms with van der Waals surface area (Å²) in [5, 5.41) is 13.1. The molecule has 5 heteroatoms. The number of aliphatic hydroxyl groups excluding tert-OH is 1. The van der Waals surface area contributed by atoms with E-state index in [2.05, 4.69) is 19.2 Å². The number of nitrogens with one attached hydrogen (secondary N) is 1. The second-order valence-electron chi connectivity index (χ2n) is 13.7. The number of fused-ring (bicyclic) bond motifs is 3. The first-order chi connectivity index (χ1) is 15.7. The van der Waals surface area contributed by atoms with Crippen molar-refractivity contribution in [2.45, 2.75) is 133 Å². The lowest BCUT2D eigenvalue weighted by Gasteiger charge is -2.66. The second kappa shape index (κ2) is 9.03. The number of hydrogen-bond donors (Lipinski definition) is 4. The molecule has 3 heterocycles. The average molecular weight is 462 g/mol. The van der Waals surface area contributed by atoms with Gasteiger partial charge >= 0.3 is 0 Å². The van der Waals surface area contributed by atoms with Crippen LogP contribution in [0.4, 0.5) is 0 Å². The van der Waals surface area contributed by atoms with Crippen molar-refractivity contribution in [2.75, 3.05) is 13.2 Å². The number of piperidine rings is 1. The van der Waals surface area contributed by atoms with Gasteiger partial charge in [-0.2, -0.15) is 0 Å². The Morgan fingerprint density at radius 3 is 2.48 bits per heavy atom. The third-order valence-corrected chi connectivity index (χ3v) is 10.9. The molecule has 6 aliphatic rings. The van der Waals surface area contributed by atoms with Crippen molar-refractivity contribution in [3.8, 4) is 0 Å². The molecule has 0 aromatic carbocycles. The molecular weight excluding hydrogens is 410 g/mol. The molecule has 33 heavy (non-hydrogen) atoms. The minimum absolute atomic E-state index is 0.0656. The first-order valence-corrected chi connectivity index (χ1v) is 14.3. The lowest BCUT2D eigenvalue weighted by molar-refractivity contribution is -0.291. The van der Waals surface area contributed by atoms with Crippen LogP contribution in [0.25, 0.3) is 0 Å². The van der Waals surface area contributed by atoms with Crippen molar-refractivity contribution < 1.29 is 9.84 Å². The molecule has 0 amide bonds. The summed E-state index contributed by atoms with van der Waals surface area (Å²) in [6.07, 6.45) is 18.9. The summed E-state index contributed by atoms with van der Waals surface area (Å²) >= 11 is 0. The second-order valence-corrected chi connectivity index (χ2v) is 13.7. The summed E-state index contributed by atoms with van der Waals surface area (Å²) in [7, 11) is 0. The van der Waals surface area contributed by atoms with Crippen LogP contribution >= 0.6 is 0 Å². The maximum atomic E-state index is 9.57. The zero-order valence-corrected chi connectivity index (χ0v) is 21.4. The third-order valence-electron chi connectivity index (χ3n) is 10.9. The maximum Gasteiger partial charge on any atom is 0.0736 e. The summed E-state index contributed by atoms with van der Waals surface area (Å²) in [6.45, 7) is 5.94. The molecule has 3 saturated heterocycles. The number of hydrogen-bond acceptors (Lipinski definition) is 5. The van der Waals surface area contributed by atoms with Gasteiger partial charge in [0.25, 0.3) is 0 Å². The van der Waals surface area contributed by atoms with Gasteiger partial charge in [0.1, 0.15) is 0 Å². The molecule has 3 aliphatic carbocycles. The SMILES string of the molecule is CC1(C)OC2(C3CC(CC4CCC(N)NC4)CC4(CCCC4)C3)CCC1C(N)(CCCO)C2. The standard InChI is InChI=1S/C28H51N3O2/c1-25(2)23-8-12-28(33-25,19-27(23,30)11-5-13-32)22-15-21(14-20-6-7-24(29)31-18-20)16-26(17-22)9-3-4-10-26/h20-24,31-32H,3-19,29-30H2,1-2H3. The van der Waals surface area contributed by atoms with Crippen molar-refractivity contribution in [3.63, 3.8) is 0 Å². The fraction of sp³-hybridized carbons (Fsp3) is 1.00. The van der Waals surface area contributed by atoms with Crippen LogP contribution in [0.1, 0.15) is 110 Å². The van der Waals surface area contributed by atoms with E-state index in [0.717, 1.165) is 44.1 Å². The van der Waals surface area contributed by atoms with Crippen LogP contribution in [0.15, 0.2) is 0 Å². The predicted molar refractivity (Wildman–Crippen MR) is 134 cm³/mol. The van der Waals surface area contributed by atoms with Gasteiger partial charge < -0.3 is 26.6 Å². The highest BCUT2D eigenvalue weighted by Crippen LogP contribution is 2.63. The van der Waals surface area contributed by atoms with Crippen LogP contribution in [-0.2, 0) is 4.74 Å². The monoisotopic (exact) mass is 461 g/mol. The Kier molecular flexibility index (Phi) is 6.70. The molecule has 6 fully saturated rings. The summed E-state index contributed by atoms with van der Waals surface area (Å²) < 4.78 is 7.16. The van der Waals surface area contributed by atoms with Gasteiger partial charge in [0, 0.05) is 18.1 Å². The van der Waals surface area contributed by atoms with Crippen LogP contribution in [0, 0.1) is 29.1 Å². The Balaban J connectivity index is 1.39. The summed E-state index contributed by atoms with van der Waals surface area (Å²) in [6, 6.07) is 0. The van der Waals surface area contributed by atoms with E-state index < -0.39 is 0 Å². The average Bonchev–Trinajstić information content (AvgIpc) is 3.20. The van der Waals surface area contributed by atoms with Crippen LogP contribution in [-0.4, -0.2) is 41.2 Å². The number of ether oxygens (including phenoxy) is 1. The van der Waals surface area contributed by atoms with Gasteiger partial charge in [0.2, 0.25) is 0 Å². The maximum absolute atomic E-state index is 9.57. The number of rotatable bonds is 6. The van der Waals surface area contributed by atoms with E-state index >= 15 is 0 Å². The minimum atomic E-state index is -0.193. The fourth-order valence-corrected chi connectivity index (χ4v) is 9.78. The molecule has 0 aromatic rings. The normalized spacial score (nSPS) is 46.6. The summed E-state index contributed by atoms with van der Waals surface area (Å²) in [5.41, 5.74) is 13.5. The van der Waals surface area contributed by atoms with E-state index in [4.69, 9.17) is 16.2 Å². The molecule has 2 bridgehead atoms. The quantitative estimate of drug-likeness (QED) is 0.469. The molecule has 3 aliphatic heterocycles. The predicted octanol–water partition coefficient (Wildman–Crippen LogP) is 4.46. The summed E-state index contributed by atoms with van der Waals surface area (Å²) in [4.78, 5) is 0. The van der Waals surface area contributed by atoms with Gasteiger partial charge in [-0.15, -0.1) is 0 Å². The van der Waals surface area contributed by atoms with Gasteiger partial charge in [0.15, 0.2) is 0 Å². The Morgan fingerprint density at radius 1 is 1.03 bits per heavy atom. The Bertz CT molecular complexity index is 685. The van der Waals surface area contributed by atoms with E-state index in [1.54, 1.807) is 0 Å². The lowest BCUT2D eigenvalue weighted by Crippen LogP contribution is -2.72. The molecule has 6 rings (SSSR count). The Labute approximate surface area is 202 Å².